The summed E-state index contributed by atoms with van der Waals surface area (Å²) in [5.41, 5.74) is 7.82. The summed E-state index contributed by atoms with van der Waals surface area (Å²) in [5, 5.41) is 12.2. The number of carbonyl (C=O) groups is 3. The monoisotopic (exact) mass is 554 g/mol. The number of rotatable bonds is 9. The lowest BCUT2D eigenvalue weighted by atomic mass is 9.97. The van der Waals surface area contributed by atoms with Crippen LogP contribution in [-0.4, -0.2) is 52.3 Å². The molecule has 9 nitrogen and oxygen atoms in total. The van der Waals surface area contributed by atoms with Crippen LogP contribution in [0.2, 0.25) is 0 Å². The van der Waals surface area contributed by atoms with E-state index >= 15 is 0 Å². The Kier molecular flexibility index (Phi) is 7.73. The molecule has 2 amide bonds. The Morgan fingerprint density at radius 3 is 2.50 bits per heavy atom. The number of halogens is 1. The van der Waals surface area contributed by atoms with Crippen molar-refractivity contribution in [3.8, 4) is 5.75 Å². The van der Waals surface area contributed by atoms with Crippen molar-refractivity contribution in [3.05, 3.63) is 75.5 Å². The molecule has 4 rings (SSSR count). The van der Waals surface area contributed by atoms with E-state index in [0.717, 1.165) is 16.5 Å². The number of esters is 1. The number of nitrogens with two attached hydrogens (primary N) is 1. The highest BCUT2D eigenvalue weighted by Gasteiger charge is 2.40. The van der Waals surface area contributed by atoms with E-state index in [4.69, 9.17) is 10.5 Å². The molecule has 2 aliphatic rings. The van der Waals surface area contributed by atoms with E-state index < -0.39 is 24.0 Å². The molecular formula is C26H27BrN4O5. The van der Waals surface area contributed by atoms with Gasteiger partial charge >= 0.3 is 5.97 Å². The van der Waals surface area contributed by atoms with Crippen molar-refractivity contribution in [3.63, 3.8) is 0 Å². The van der Waals surface area contributed by atoms with Crippen molar-refractivity contribution in [1.82, 2.24) is 10.2 Å². The van der Waals surface area contributed by atoms with Crippen molar-refractivity contribution in [2.45, 2.75) is 44.7 Å². The predicted molar refractivity (Wildman–Crippen MR) is 137 cm³/mol. The van der Waals surface area contributed by atoms with E-state index in [1.54, 1.807) is 24.3 Å². The van der Waals surface area contributed by atoms with Gasteiger partial charge in [-0.1, -0.05) is 41.4 Å². The molecule has 36 heavy (non-hydrogen) atoms. The fourth-order valence-electron chi connectivity index (χ4n) is 4.18. The Labute approximate surface area is 217 Å². The number of hydrogen-bond acceptors (Lipinski definition) is 7. The molecule has 2 atom stereocenters. The van der Waals surface area contributed by atoms with E-state index in [1.165, 1.54) is 12.1 Å². The minimum atomic E-state index is -0.912. The molecule has 1 fully saturated rings. The Hall–Kier alpha value is -3.66. The van der Waals surface area contributed by atoms with Gasteiger partial charge in [0, 0.05) is 28.7 Å². The smallest absolute Gasteiger partial charge is 0.365 e. The van der Waals surface area contributed by atoms with Gasteiger partial charge in [-0.2, -0.15) is 0 Å². The molecule has 2 heterocycles. The Morgan fingerprint density at radius 2 is 1.92 bits per heavy atom. The van der Waals surface area contributed by atoms with Crippen LogP contribution in [0.4, 0.5) is 0 Å². The van der Waals surface area contributed by atoms with Crippen LogP contribution in [0, 0.1) is 0 Å². The lowest BCUT2D eigenvalue weighted by molar-refractivity contribution is -0.134. The summed E-state index contributed by atoms with van der Waals surface area (Å²) in [4.78, 5) is 44.3. The first-order valence-corrected chi connectivity index (χ1v) is 12.5. The number of ether oxygens (including phenoxy) is 1. The molecule has 0 radical (unpaired) electrons. The average molecular weight is 555 g/mol. The maximum atomic E-state index is 13.1. The Bertz CT molecular complexity index is 1220. The molecule has 2 aromatic carbocycles. The van der Waals surface area contributed by atoms with Crippen LogP contribution in [0.1, 0.15) is 37.3 Å². The normalized spacial score (nSPS) is 19.2. The number of aromatic hydroxyl groups is 1. The summed E-state index contributed by atoms with van der Waals surface area (Å²) in [6, 6.07) is 12.2. The third kappa shape index (κ3) is 5.59. The number of amides is 2. The topological polar surface area (TPSA) is 134 Å². The van der Waals surface area contributed by atoms with Gasteiger partial charge in [0.2, 0.25) is 17.7 Å². The quantitative estimate of drug-likeness (QED) is 0.322. The SMILES string of the molecule is CCC/C(=C1/N=C(c2ccc(Br)cc2)OC1=O)N1CC[C@H]1C(=O)N[C@@H](Cc1ccc(O)cc1)C(N)=O. The number of nitrogens with zero attached hydrogens (tertiary/aromatic N) is 2. The molecule has 188 valence electrons. The second-order valence-corrected chi connectivity index (χ2v) is 9.61. The second kappa shape index (κ2) is 10.9. The summed E-state index contributed by atoms with van der Waals surface area (Å²) >= 11 is 3.38. The number of likely N-dealkylation sites (tertiary alicyclic amines) is 1. The maximum Gasteiger partial charge on any atom is 0.365 e. The van der Waals surface area contributed by atoms with Crippen molar-refractivity contribution in [1.29, 1.82) is 0 Å². The number of nitrogens with one attached hydrogen (secondary N) is 1. The lowest BCUT2D eigenvalue weighted by Crippen LogP contribution is -2.59. The number of allylic oxidation sites excluding steroid dienone is 1. The summed E-state index contributed by atoms with van der Waals surface area (Å²) in [6.45, 7) is 2.56. The van der Waals surface area contributed by atoms with Crippen LogP contribution in [-0.2, 0) is 25.5 Å². The van der Waals surface area contributed by atoms with Crippen LogP contribution in [0.3, 0.4) is 0 Å². The highest BCUT2D eigenvalue weighted by Crippen LogP contribution is 2.32. The molecule has 0 bridgehead atoms. The molecule has 0 aliphatic carbocycles. The Balaban J connectivity index is 1.53. The van der Waals surface area contributed by atoms with Gasteiger partial charge in [-0.05, 0) is 54.8 Å². The average Bonchev–Trinajstić information content (AvgIpc) is 3.20. The predicted octanol–water partition coefficient (Wildman–Crippen LogP) is 2.76. The molecule has 2 aliphatic heterocycles. The second-order valence-electron chi connectivity index (χ2n) is 8.69. The lowest BCUT2D eigenvalue weighted by Gasteiger charge is -2.43. The van der Waals surface area contributed by atoms with E-state index in [0.29, 0.717) is 30.6 Å². The molecule has 4 N–H and O–H groups in total. The minimum Gasteiger partial charge on any atom is -0.508 e. The number of phenolic OH excluding ortho intramolecular Hbond substituents is 1. The number of aliphatic imine (C=N–C) groups is 1. The standard InChI is InChI=1S/C26H27BrN4O5/c1-2-3-20(22-26(35)36-25(30-22)16-6-8-17(27)9-7-16)31-13-12-21(31)24(34)29-19(23(28)33)14-15-4-10-18(32)11-5-15/h4-11,19,21,32H,2-3,12-14H2,1H3,(H2,28,33)(H,29,34)/b22-20-/t19-,21-/m0/s1. The van der Waals surface area contributed by atoms with E-state index in [9.17, 15) is 19.5 Å². The number of benzene rings is 2. The van der Waals surface area contributed by atoms with Gasteiger partial charge in [0.1, 0.15) is 17.8 Å². The molecule has 0 unspecified atom stereocenters. The summed E-state index contributed by atoms with van der Waals surface area (Å²) in [7, 11) is 0. The van der Waals surface area contributed by atoms with Crippen molar-refractivity contribution >= 4 is 39.6 Å². The number of cyclic esters (lactones) is 1. The van der Waals surface area contributed by atoms with Crippen molar-refractivity contribution in [2.75, 3.05) is 6.54 Å². The van der Waals surface area contributed by atoms with Gasteiger partial charge in [-0.25, -0.2) is 9.79 Å². The molecular weight excluding hydrogens is 528 g/mol. The zero-order valence-electron chi connectivity index (χ0n) is 19.7. The van der Waals surface area contributed by atoms with Gasteiger partial charge < -0.3 is 25.8 Å². The van der Waals surface area contributed by atoms with Gasteiger partial charge in [-0.15, -0.1) is 0 Å². The summed E-state index contributed by atoms with van der Waals surface area (Å²) in [5.74, 6) is -1.22. The first kappa shape index (κ1) is 25.4. The summed E-state index contributed by atoms with van der Waals surface area (Å²) < 4.78 is 6.34. The molecule has 0 spiro atoms. The fourth-order valence-corrected chi connectivity index (χ4v) is 4.45. The van der Waals surface area contributed by atoms with Gasteiger partial charge in [-0.3, -0.25) is 9.59 Å². The van der Waals surface area contributed by atoms with Crippen LogP contribution < -0.4 is 11.1 Å². The molecule has 0 saturated carbocycles. The van der Waals surface area contributed by atoms with E-state index in [2.05, 4.69) is 26.2 Å². The Morgan fingerprint density at radius 1 is 1.22 bits per heavy atom. The third-order valence-corrected chi connectivity index (χ3v) is 6.68. The van der Waals surface area contributed by atoms with E-state index in [1.807, 2.05) is 24.0 Å². The number of hydrogen-bond donors (Lipinski definition) is 3. The van der Waals surface area contributed by atoms with E-state index in [-0.39, 0.29) is 29.7 Å². The number of phenols is 1. The largest absolute Gasteiger partial charge is 0.508 e. The number of carbonyl (C=O) groups excluding carboxylic acids is 3. The van der Waals surface area contributed by atoms with Gasteiger partial charge in [0.05, 0.1) is 0 Å². The zero-order chi connectivity index (χ0) is 25.8. The van der Waals surface area contributed by atoms with Crippen LogP contribution in [0.15, 0.2) is 69.4 Å². The number of primary amides is 1. The van der Waals surface area contributed by atoms with Crippen molar-refractivity contribution in [2.24, 2.45) is 10.7 Å². The third-order valence-electron chi connectivity index (χ3n) is 6.15. The first-order chi connectivity index (χ1) is 17.3. The van der Waals surface area contributed by atoms with Gasteiger partial charge in [0.25, 0.3) is 0 Å². The zero-order valence-corrected chi connectivity index (χ0v) is 21.3. The molecule has 0 aromatic heterocycles. The first-order valence-electron chi connectivity index (χ1n) is 11.7. The molecule has 1 saturated heterocycles. The summed E-state index contributed by atoms with van der Waals surface area (Å²) in [6.07, 6.45) is 2.04. The van der Waals surface area contributed by atoms with Crippen LogP contribution >= 0.6 is 15.9 Å². The van der Waals surface area contributed by atoms with Crippen molar-refractivity contribution < 1.29 is 24.2 Å². The minimum absolute atomic E-state index is 0.108. The maximum absolute atomic E-state index is 13.1. The molecule has 10 heteroatoms. The van der Waals surface area contributed by atoms with Crippen LogP contribution in [0.5, 0.6) is 5.75 Å². The van der Waals surface area contributed by atoms with Gasteiger partial charge in [0.15, 0.2) is 5.70 Å². The fraction of sp³-hybridized carbons (Fsp3) is 0.308. The highest BCUT2D eigenvalue weighted by molar-refractivity contribution is 9.10. The van der Waals surface area contributed by atoms with Crippen LogP contribution in [0.25, 0.3) is 0 Å². The highest BCUT2D eigenvalue weighted by atomic mass is 79.9. The molecule has 2 aromatic rings.